The Morgan fingerprint density at radius 1 is 0.800 bits per heavy atom. The summed E-state index contributed by atoms with van der Waals surface area (Å²) in [6, 6.07) is 9.31. The summed E-state index contributed by atoms with van der Waals surface area (Å²) in [5.41, 5.74) is 1.80. The second-order valence-electron chi connectivity index (χ2n) is 7.70. The SMILES string of the molecule is C=C(C)C(=O)Nc1ccccc1.C=C(C)C(=O)OCCCCCCCCCCCC. The molecule has 0 aliphatic heterocycles. The van der Waals surface area contributed by atoms with Gasteiger partial charge in [-0.05, 0) is 32.4 Å². The van der Waals surface area contributed by atoms with E-state index in [2.05, 4.69) is 25.4 Å². The van der Waals surface area contributed by atoms with Crippen molar-refractivity contribution in [1.29, 1.82) is 0 Å². The Morgan fingerprint density at radius 2 is 1.30 bits per heavy atom. The van der Waals surface area contributed by atoms with Crippen molar-refractivity contribution in [2.75, 3.05) is 11.9 Å². The van der Waals surface area contributed by atoms with E-state index in [1.54, 1.807) is 13.8 Å². The highest BCUT2D eigenvalue weighted by Gasteiger charge is 2.02. The molecule has 1 rings (SSSR count). The minimum atomic E-state index is -0.258. The summed E-state index contributed by atoms with van der Waals surface area (Å²) < 4.78 is 5.04. The van der Waals surface area contributed by atoms with Gasteiger partial charge in [-0.1, -0.05) is 96.1 Å². The fourth-order valence-electron chi connectivity index (χ4n) is 2.64. The zero-order chi connectivity index (χ0) is 22.6. The number of rotatable bonds is 14. The molecule has 0 atom stereocenters. The van der Waals surface area contributed by atoms with Crippen molar-refractivity contribution < 1.29 is 14.3 Å². The normalized spacial score (nSPS) is 9.83. The molecule has 30 heavy (non-hydrogen) atoms. The number of anilines is 1. The molecule has 0 aliphatic rings. The van der Waals surface area contributed by atoms with E-state index in [4.69, 9.17) is 4.74 Å². The smallest absolute Gasteiger partial charge is 0.333 e. The Bertz CT molecular complexity index is 622. The molecule has 0 aromatic heterocycles. The maximum atomic E-state index is 11.1. The summed E-state index contributed by atoms with van der Waals surface area (Å²) >= 11 is 0. The summed E-state index contributed by atoms with van der Waals surface area (Å²) in [5, 5.41) is 2.70. The van der Waals surface area contributed by atoms with E-state index in [1.807, 2.05) is 30.3 Å². The molecule has 1 amide bonds. The number of carbonyl (C=O) groups is 2. The van der Waals surface area contributed by atoms with E-state index in [-0.39, 0.29) is 11.9 Å². The van der Waals surface area contributed by atoms with Gasteiger partial charge in [0.2, 0.25) is 0 Å². The lowest BCUT2D eigenvalue weighted by atomic mass is 10.1. The second-order valence-corrected chi connectivity index (χ2v) is 7.70. The van der Waals surface area contributed by atoms with Crippen LogP contribution in [0.4, 0.5) is 5.69 Å². The molecule has 0 spiro atoms. The molecule has 0 fully saturated rings. The molecule has 0 saturated heterocycles. The Kier molecular flexibility index (Phi) is 17.2. The van der Waals surface area contributed by atoms with Crippen LogP contribution in [0.15, 0.2) is 54.6 Å². The van der Waals surface area contributed by atoms with Gasteiger partial charge < -0.3 is 10.1 Å². The zero-order valence-corrected chi connectivity index (χ0v) is 19.3. The minimum absolute atomic E-state index is 0.138. The summed E-state index contributed by atoms with van der Waals surface area (Å²) in [5.74, 6) is -0.396. The zero-order valence-electron chi connectivity index (χ0n) is 19.3. The van der Waals surface area contributed by atoms with Gasteiger partial charge in [0, 0.05) is 16.8 Å². The molecule has 4 heteroatoms. The molecule has 0 radical (unpaired) electrons. The average Bonchev–Trinajstić information content (AvgIpc) is 2.73. The second kappa shape index (κ2) is 18.7. The topological polar surface area (TPSA) is 55.4 Å². The van der Waals surface area contributed by atoms with Gasteiger partial charge in [0.15, 0.2) is 0 Å². The van der Waals surface area contributed by atoms with Crippen LogP contribution in [-0.2, 0) is 14.3 Å². The van der Waals surface area contributed by atoms with E-state index < -0.39 is 0 Å². The van der Waals surface area contributed by atoms with Crippen LogP contribution in [0, 0.1) is 0 Å². The molecule has 168 valence electrons. The predicted molar refractivity (Wildman–Crippen MR) is 128 cm³/mol. The molecule has 4 nitrogen and oxygen atoms in total. The molecular formula is C26H41NO3. The first-order valence-corrected chi connectivity index (χ1v) is 11.2. The fraction of sp³-hybridized carbons (Fsp3) is 0.538. The fourth-order valence-corrected chi connectivity index (χ4v) is 2.64. The van der Waals surface area contributed by atoms with E-state index in [0.29, 0.717) is 17.8 Å². The number of para-hydroxylation sites is 1. The highest BCUT2D eigenvalue weighted by molar-refractivity contribution is 6.02. The monoisotopic (exact) mass is 415 g/mol. The Morgan fingerprint density at radius 3 is 1.77 bits per heavy atom. The van der Waals surface area contributed by atoms with Crippen molar-refractivity contribution >= 4 is 17.6 Å². The number of hydrogen-bond donors (Lipinski definition) is 1. The first-order chi connectivity index (χ1) is 14.4. The van der Waals surface area contributed by atoms with Crippen molar-refractivity contribution in [2.24, 2.45) is 0 Å². The lowest BCUT2D eigenvalue weighted by Gasteiger charge is -2.04. The van der Waals surface area contributed by atoms with Crippen LogP contribution < -0.4 is 5.32 Å². The molecule has 0 heterocycles. The van der Waals surface area contributed by atoms with Gasteiger partial charge in [-0.3, -0.25) is 4.79 Å². The van der Waals surface area contributed by atoms with Crippen LogP contribution >= 0.6 is 0 Å². The lowest BCUT2D eigenvalue weighted by molar-refractivity contribution is -0.139. The maximum absolute atomic E-state index is 11.1. The molecule has 0 saturated carbocycles. The molecule has 1 aromatic rings. The molecular weight excluding hydrogens is 374 g/mol. The molecule has 1 N–H and O–H groups in total. The number of esters is 1. The summed E-state index contributed by atoms with van der Waals surface area (Å²) in [6.07, 6.45) is 13.0. The van der Waals surface area contributed by atoms with Crippen LogP contribution in [0.2, 0.25) is 0 Å². The van der Waals surface area contributed by atoms with Gasteiger partial charge in [0.05, 0.1) is 6.61 Å². The number of carbonyl (C=O) groups excluding carboxylic acids is 2. The Labute approximate surface area is 183 Å². The highest BCUT2D eigenvalue weighted by Crippen LogP contribution is 2.10. The number of amides is 1. The average molecular weight is 416 g/mol. The first kappa shape index (κ1) is 27.6. The van der Waals surface area contributed by atoms with Crippen LogP contribution in [0.3, 0.4) is 0 Å². The highest BCUT2D eigenvalue weighted by atomic mass is 16.5. The molecule has 0 aliphatic carbocycles. The number of ether oxygens (including phenoxy) is 1. The van der Waals surface area contributed by atoms with Gasteiger partial charge in [0.25, 0.3) is 5.91 Å². The van der Waals surface area contributed by atoms with Crippen molar-refractivity contribution in [2.45, 2.75) is 85.0 Å². The number of benzene rings is 1. The van der Waals surface area contributed by atoms with E-state index in [1.165, 1.54) is 57.8 Å². The van der Waals surface area contributed by atoms with Crippen molar-refractivity contribution in [3.8, 4) is 0 Å². The summed E-state index contributed by atoms with van der Waals surface area (Å²) in [7, 11) is 0. The van der Waals surface area contributed by atoms with Crippen LogP contribution in [0.25, 0.3) is 0 Å². The minimum Gasteiger partial charge on any atom is -0.462 e. The van der Waals surface area contributed by atoms with Crippen LogP contribution in [0.1, 0.15) is 85.0 Å². The summed E-state index contributed by atoms with van der Waals surface area (Å²) in [6.45, 7) is 13.2. The van der Waals surface area contributed by atoms with Gasteiger partial charge in [-0.15, -0.1) is 0 Å². The van der Waals surface area contributed by atoms with Gasteiger partial charge in [-0.2, -0.15) is 0 Å². The maximum Gasteiger partial charge on any atom is 0.333 e. The lowest BCUT2D eigenvalue weighted by Crippen LogP contribution is -2.11. The van der Waals surface area contributed by atoms with Crippen molar-refractivity contribution in [1.82, 2.24) is 0 Å². The van der Waals surface area contributed by atoms with Crippen LogP contribution in [0.5, 0.6) is 0 Å². The first-order valence-electron chi connectivity index (χ1n) is 11.2. The number of hydrogen-bond acceptors (Lipinski definition) is 3. The van der Waals surface area contributed by atoms with E-state index in [0.717, 1.165) is 12.1 Å². The third-order valence-electron chi connectivity index (χ3n) is 4.50. The standard InChI is InChI=1S/C16H30O2.C10H11NO/c1-4-5-6-7-8-9-10-11-12-13-14-18-16(17)15(2)3;1-8(2)10(12)11-9-6-4-3-5-7-9/h2,4-14H2,1,3H3;3-7H,1H2,2H3,(H,11,12). The van der Waals surface area contributed by atoms with Crippen molar-refractivity contribution in [3.63, 3.8) is 0 Å². The van der Waals surface area contributed by atoms with Crippen LogP contribution in [-0.4, -0.2) is 18.5 Å². The van der Waals surface area contributed by atoms with E-state index in [9.17, 15) is 9.59 Å². The quantitative estimate of drug-likeness (QED) is 0.198. The van der Waals surface area contributed by atoms with Gasteiger partial charge in [0.1, 0.15) is 0 Å². The Balaban J connectivity index is 0.000000604. The molecule has 0 unspecified atom stereocenters. The van der Waals surface area contributed by atoms with E-state index >= 15 is 0 Å². The third-order valence-corrected chi connectivity index (χ3v) is 4.50. The molecule has 0 bridgehead atoms. The molecule has 1 aromatic carbocycles. The van der Waals surface area contributed by atoms with Gasteiger partial charge >= 0.3 is 5.97 Å². The third kappa shape index (κ3) is 16.6. The van der Waals surface area contributed by atoms with Crippen molar-refractivity contribution in [3.05, 3.63) is 54.6 Å². The Hall–Kier alpha value is -2.36. The van der Waals surface area contributed by atoms with Gasteiger partial charge in [-0.25, -0.2) is 4.79 Å². The predicted octanol–water partition coefficient (Wildman–Crippen LogP) is 7.23. The largest absolute Gasteiger partial charge is 0.462 e. The number of nitrogens with one attached hydrogen (secondary N) is 1. The number of unbranched alkanes of at least 4 members (excludes halogenated alkanes) is 9. The summed E-state index contributed by atoms with van der Waals surface area (Å²) in [4.78, 5) is 22.2.